The lowest BCUT2D eigenvalue weighted by atomic mass is 10.0. The number of ether oxygens (including phenoxy) is 1. The van der Waals surface area contributed by atoms with E-state index < -0.39 is 0 Å². The van der Waals surface area contributed by atoms with E-state index in [1.54, 1.807) is 0 Å². The highest BCUT2D eigenvalue weighted by molar-refractivity contribution is 5.74. The monoisotopic (exact) mass is 329 g/mol. The SMILES string of the molecule is O=C(NC[C@@H]1CN2CCCC[C@H]2CO1)NC1Cc2ccccc2C1. The smallest absolute Gasteiger partial charge is 0.315 e. The van der Waals surface area contributed by atoms with Crippen LogP contribution in [0, 0.1) is 0 Å². The molecule has 2 N–H and O–H groups in total. The van der Waals surface area contributed by atoms with Crippen molar-refractivity contribution in [1.29, 1.82) is 0 Å². The van der Waals surface area contributed by atoms with Crippen molar-refractivity contribution >= 4 is 6.03 Å². The molecule has 0 aromatic heterocycles. The first-order valence-electron chi connectivity index (χ1n) is 9.25. The molecular weight excluding hydrogens is 302 g/mol. The van der Waals surface area contributed by atoms with Gasteiger partial charge in [-0.05, 0) is 43.4 Å². The maximum Gasteiger partial charge on any atom is 0.315 e. The number of hydrogen-bond acceptors (Lipinski definition) is 3. The summed E-state index contributed by atoms with van der Waals surface area (Å²) in [5.41, 5.74) is 2.71. The number of urea groups is 1. The molecule has 0 saturated carbocycles. The Balaban J connectivity index is 1.20. The Morgan fingerprint density at radius 1 is 1.21 bits per heavy atom. The summed E-state index contributed by atoms with van der Waals surface area (Å²) in [5, 5.41) is 6.10. The molecule has 2 amide bonds. The van der Waals surface area contributed by atoms with Crippen molar-refractivity contribution in [3.8, 4) is 0 Å². The lowest BCUT2D eigenvalue weighted by Crippen LogP contribution is -2.55. The highest BCUT2D eigenvalue weighted by Gasteiger charge is 2.31. The van der Waals surface area contributed by atoms with Gasteiger partial charge in [0, 0.05) is 25.2 Å². The third kappa shape index (κ3) is 3.57. The van der Waals surface area contributed by atoms with Crippen LogP contribution < -0.4 is 10.6 Å². The molecule has 5 heteroatoms. The van der Waals surface area contributed by atoms with Crippen LogP contribution in [-0.2, 0) is 17.6 Å². The second-order valence-electron chi connectivity index (χ2n) is 7.33. The molecule has 5 nitrogen and oxygen atoms in total. The van der Waals surface area contributed by atoms with Crippen molar-refractivity contribution in [2.75, 3.05) is 26.2 Å². The van der Waals surface area contributed by atoms with Gasteiger partial charge < -0.3 is 15.4 Å². The van der Waals surface area contributed by atoms with Gasteiger partial charge in [0.05, 0.1) is 12.7 Å². The van der Waals surface area contributed by atoms with E-state index in [1.165, 1.54) is 36.9 Å². The molecule has 2 heterocycles. The van der Waals surface area contributed by atoms with Crippen LogP contribution in [0.3, 0.4) is 0 Å². The van der Waals surface area contributed by atoms with E-state index in [1.807, 2.05) is 0 Å². The zero-order valence-electron chi connectivity index (χ0n) is 14.2. The number of piperidine rings is 1. The minimum Gasteiger partial charge on any atom is -0.373 e. The first-order chi connectivity index (χ1) is 11.8. The van der Waals surface area contributed by atoms with Crippen molar-refractivity contribution in [3.63, 3.8) is 0 Å². The summed E-state index contributed by atoms with van der Waals surface area (Å²) in [7, 11) is 0. The van der Waals surface area contributed by atoms with Crippen LogP contribution in [0.2, 0.25) is 0 Å². The molecule has 2 fully saturated rings. The second-order valence-corrected chi connectivity index (χ2v) is 7.33. The van der Waals surface area contributed by atoms with Gasteiger partial charge in [-0.15, -0.1) is 0 Å². The third-order valence-electron chi connectivity index (χ3n) is 5.59. The van der Waals surface area contributed by atoms with Crippen molar-refractivity contribution < 1.29 is 9.53 Å². The van der Waals surface area contributed by atoms with Crippen LogP contribution in [-0.4, -0.2) is 55.4 Å². The number of fused-ring (bicyclic) bond motifs is 2. The average Bonchev–Trinajstić information content (AvgIpc) is 3.02. The molecule has 0 spiro atoms. The Morgan fingerprint density at radius 2 is 2.00 bits per heavy atom. The van der Waals surface area contributed by atoms with E-state index in [9.17, 15) is 4.79 Å². The topological polar surface area (TPSA) is 53.6 Å². The summed E-state index contributed by atoms with van der Waals surface area (Å²) in [4.78, 5) is 14.7. The molecule has 0 bridgehead atoms. The Kier molecular flexibility index (Phi) is 4.72. The number of carbonyl (C=O) groups is 1. The van der Waals surface area contributed by atoms with Gasteiger partial charge in [-0.25, -0.2) is 4.79 Å². The first kappa shape index (κ1) is 15.9. The van der Waals surface area contributed by atoms with E-state index in [-0.39, 0.29) is 18.2 Å². The maximum atomic E-state index is 12.2. The Hall–Kier alpha value is -1.59. The Morgan fingerprint density at radius 3 is 2.79 bits per heavy atom. The normalized spacial score (nSPS) is 27.3. The molecule has 2 aliphatic heterocycles. The van der Waals surface area contributed by atoms with Gasteiger partial charge >= 0.3 is 6.03 Å². The lowest BCUT2D eigenvalue weighted by Gasteiger charge is -2.42. The second kappa shape index (κ2) is 7.11. The van der Waals surface area contributed by atoms with Crippen molar-refractivity contribution in [2.24, 2.45) is 0 Å². The standard InChI is InChI=1S/C19H27N3O2/c23-19(21-16-9-14-5-1-2-6-15(14)10-16)20-11-18-12-22-8-4-3-7-17(22)13-24-18/h1-2,5-6,16-18H,3-4,7-13H2,(H2,20,21,23)/t17-,18+/m0/s1. The number of nitrogens with one attached hydrogen (secondary N) is 2. The van der Waals surface area contributed by atoms with Gasteiger partial charge in [0.1, 0.15) is 0 Å². The number of amides is 2. The minimum absolute atomic E-state index is 0.0721. The molecule has 1 aromatic carbocycles. The van der Waals surface area contributed by atoms with Crippen LogP contribution >= 0.6 is 0 Å². The summed E-state index contributed by atoms with van der Waals surface area (Å²) in [6.07, 6.45) is 5.84. The number of benzene rings is 1. The highest BCUT2D eigenvalue weighted by atomic mass is 16.5. The maximum absolute atomic E-state index is 12.2. The van der Waals surface area contributed by atoms with E-state index in [0.717, 1.165) is 26.0 Å². The van der Waals surface area contributed by atoms with Crippen LogP contribution in [0.4, 0.5) is 4.79 Å². The molecule has 4 rings (SSSR count). The molecule has 3 aliphatic rings. The van der Waals surface area contributed by atoms with E-state index in [0.29, 0.717) is 12.6 Å². The summed E-state index contributed by atoms with van der Waals surface area (Å²) in [6, 6.07) is 9.17. The predicted molar refractivity (Wildman–Crippen MR) is 93.1 cm³/mol. The molecule has 2 atom stereocenters. The van der Waals surface area contributed by atoms with Gasteiger partial charge in [0.2, 0.25) is 0 Å². The summed E-state index contributed by atoms with van der Waals surface area (Å²) >= 11 is 0. The zero-order chi connectivity index (χ0) is 16.4. The molecule has 1 aromatic rings. The van der Waals surface area contributed by atoms with Gasteiger partial charge in [0.25, 0.3) is 0 Å². The third-order valence-corrected chi connectivity index (χ3v) is 5.59. The van der Waals surface area contributed by atoms with Crippen LogP contribution in [0.15, 0.2) is 24.3 Å². The quantitative estimate of drug-likeness (QED) is 0.888. The Labute approximate surface area is 143 Å². The minimum atomic E-state index is -0.0721. The van der Waals surface area contributed by atoms with E-state index >= 15 is 0 Å². The molecule has 130 valence electrons. The number of rotatable bonds is 3. The number of nitrogens with zero attached hydrogens (tertiary/aromatic N) is 1. The van der Waals surface area contributed by atoms with Crippen LogP contribution in [0.1, 0.15) is 30.4 Å². The fraction of sp³-hybridized carbons (Fsp3) is 0.632. The largest absolute Gasteiger partial charge is 0.373 e. The van der Waals surface area contributed by atoms with Crippen LogP contribution in [0.25, 0.3) is 0 Å². The van der Waals surface area contributed by atoms with Crippen molar-refractivity contribution in [2.45, 2.75) is 50.3 Å². The van der Waals surface area contributed by atoms with Gasteiger partial charge in [0.15, 0.2) is 0 Å². The number of carbonyl (C=O) groups excluding carboxylic acids is 1. The molecule has 2 saturated heterocycles. The Bertz CT molecular complexity index is 567. The van der Waals surface area contributed by atoms with E-state index in [2.05, 4.69) is 39.8 Å². The van der Waals surface area contributed by atoms with Gasteiger partial charge in [-0.3, -0.25) is 4.90 Å². The predicted octanol–water partition coefficient (Wildman–Crippen LogP) is 1.71. The zero-order valence-corrected chi connectivity index (χ0v) is 14.2. The number of hydrogen-bond donors (Lipinski definition) is 2. The summed E-state index contributed by atoms with van der Waals surface area (Å²) in [5.74, 6) is 0. The van der Waals surface area contributed by atoms with Crippen molar-refractivity contribution in [1.82, 2.24) is 15.5 Å². The fourth-order valence-electron chi connectivity index (χ4n) is 4.28. The summed E-state index contributed by atoms with van der Waals surface area (Å²) in [6.45, 7) is 3.53. The molecule has 1 aliphatic carbocycles. The van der Waals surface area contributed by atoms with Crippen molar-refractivity contribution in [3.05, 3.63) is 35.4 Å². The molecule has 0 unspecified atom stereocenters. The fourth-order valence-corrected chi connectivity index (χ4v) is 4.28. The van der Waals surface area contributed by atoms with Gasteiger partial charge in [-0.1, -0.05) is 30.7 Å². The van der Waals surface area contributed by atoms with Gasteiger partial charge in [-0.2, -0.15) is 0 Å². The molecule has 0 radical (unpaired) electrons. The molecule has 24 heavy (non-hydrogen) atoms. The first-order valence-corrected chi connectivity index (χ1v) is 9.25. The average molecular weight is 329 g/mol. The van der Waals surface area contributed by atoms with E-state index in [4.69, 9.17) is 4.74 Å². The molecular formula is C19H27N3O2. The lowest BCUT2D eigenvalue weighted by molar-refractivity contribution is -0.0723. The highest BCUT2D eigenvalue weighted by Crippen LogP contribution is 2.22. The van der Waals surface area contributed by atoms with Crippen LogP contribution in [0.5, 0.6) is 0 Å². The summed E-state index contributed by atoms with van der Waals surface area (Å²) < 4.78 is 5.93. The number of morpholine rings is 1.